The molecule has 0 unspecified atom stereocenters. The van der Waals surface area contributed by atoms with Crippen molar-refractivity contribution in [1.29, 1.82) is 0 Å². The third-order valence-corrected chi connectivity index (χ3v) is 4.48. The number of pyridine rings is 1. The van der Waals surface area contributed by atoms with E-state index in [0.717, 1.165) is 10.7 Å². The molecule has 25 heavy (non-hydrogen) atoms. The van der Waals surface area contributed by atoms with Gasteiger partial charge >= 0.3 is 0 Å². The average Bonchev–Trinajstić information content (AvgIpc) is 3.02. The molecule has 7 heteroatoms. The number of hydrogen-bond donors (Lipinski definition) is 2. The van der Waals surface area contributed by atoms with Crippen LogP contribution in [0.2, 0.25) is 0 Å². The van der Waals surface area contributed by atoms with Gasteiger partial charge in [0.2, 0.25) is 0 Å². The molecule has 0 bridgehead atoms. The topological polar surface area (TPSA) is 76.1 Å². The molecule has 0 aliphatic carbocycles. The Morgan fingerprint density at radius 1 is 1.24 bits per heavy atom. The summed E-state index contributed by atoms with van der Waals surface area (Å²) < 4.78 is 9.95. The maximum Gasteiger partial charge on any atom is 0.260 e. The second-order valence-corrected chi connectivity index (χ2v) is 6.09. The van der Waals surface area contributed by atoms with Crippen molar-refractivity contribution in [2.75, 3.05) is 17.7 Å². The van der Waals surface area contributed by atoms with Crippen LogP contribution in [-0.4, -0.2) is 22.3 Å². The van der Waals surface area contributed by atoms with Crippen LogP contribution < -0.4 is 15.4 Å². The van der Waals surface area contributed by atoms with Crippen LogP contribution in [0.1, 0.15) is 21.7 Å². The monoisotopic (exact) mass is 354 g/mol. The lowest BCUT2D eigenvalue weighted by atomic mass is 10.2. The smallest absolute Gasteiger partial charge is 0.260 e. The van der Waals surface area contributed by atoms with Crippen LogP contribution in [0.15, 0.2) is 48.7 Å². The van der Waals surface area contributed by atoms with Gasteiger partial charge in [-0.2, -0.15) is 4.37 Å². The number of hydrogen-bond acceptors (Lipinski definition) is 6. The van der Waals surface area contributed by atoms with Crippen molar-refractivity contribution < 1.29 is 9.53 Å². The van der Waals surface area contributed by atoms with E-state index in [1.807, 2.05) is 43.3 Å². The fraction of sp³-hybridized carbons (Fsp3) is 0.167. The SMILES string of the molecule is CNc1snc(C)c1C(=O)Nc1cccc(OCc2ccccn2)c1. The zero-order chi connectivity index (χ0) is 17.6. The summed E-state index contributed by atoms with van der Waals surface area (Å²) in [4.78, 5) is 16.8. The maximum atomic E-state index is 12.5. The molecule has 2 N–H and O–H groups in total. The Hall–Kier alpha value is -2.93. The minimum absolute atomic E-state index is 0.197. The number of amides is 1. The van der Waals surface area contributed by atoms with Crippen LogP contribution in [0.4, 0.5) is 10.7 Å². The Morgan fingerprint density at radius 2 is 2.12 bits per heavy atom. The standard InChI is InChI=1S/C18H18N4O2S/c1-12-16(18(19-2)25-22-12)17(23)21-13-7-5-8-15(10-13)24-11-14-6-3-4-9-20-14/h3-10,19H,11H2,1-2H3,(H,21,23). The van der Waals surface area contributed by atoms with Gasteiger partial charge in [0, 0.05) is 25.0 Å². The summed E-state index contributed by atoms with van der Waals surface area (Å²) in [5, 5.41) is 6.63. The fourth-order valence-corrected chi connectivity index (χ4v) is 3.05. The number of nitrogens with one attached hydrogen (secondary N) is 2. The number of aromatic nitrogens is 2. The Kier molecular flexibility index (Phi) is 5.25. The third kappa shape index (κ3) is 4.13. The van der Waals surface area contributed by atoms with Crippen molar-refractivity contribution in [3.8, 4) is 5.75 Å². The zero-order valence-corrected chi connectivity index (χ0v) is 14.8. The van der Waals surface area contributed by atoms with E-state index < -0.39 is 0 Å². The lowest BCUT2D eigenvalue weighted by molar-refractivity contribution is 0.102. The van der Waals surface area contributed by atoms with Crippen molar-refractivity contribution in [1.82, 2.24) is 9.36 Å². The predicted octanol–water partition coefficient (Wildman–Crippen LogP) is 3.72. The molecule has 0 aliphatic rings. The van der Waals surface area contributed by atoms with Crippen LogP contribution in [0, 0.1) is 6.92 Å². The molecular weight excluding hydrogens is 336 g/mol. The first-order valence-corrected chi connectivity index (χ1v) is 8.53. The number of anilines is 2. The second-order valence-electron chi connectivity index (χ2n) is 5.31. The summed E-state index contributed by atoms with van der Waals surface area (Å²) in [6, 6.07) is 13.0. The lowest BCUT2D eigenvalue weighted by Crippen LogP contribution is -2.14. The first-order valence-electron chi connectivity index (χ1n) is 7.75. The molecule has 1 aromatic carbocycles. The molecule has 3 rings (SSSR count). The molecule has 6 nitrogen and oxygen atoms in total. The Labute approximate surface area is 150 Å². The number of nitrogens with zero attached hydrogens (tertiary/aromatic N) is 2. The number of rotatable bonds is 6. The van der Waals surface area contributed by atoms with Gasteiger partial charge in [-0.05, 0) is 42.7 Å². The van der Waals surface area contributed by atoms with Crippen molar-refractivity contribution in [2.45, 2.75) is 13.5 Å². The molecule has 0 saturated heterocycles. The predicted molar refractivity (Wildman–Crippen MR) is 99.4 cm³/mol. The number of carbonyl (C=O) groups excluding carboxylic acids is 1. The van der Waals surface area contributed by atoms with Gasteiger partial charge in [0.1, 0.15) is 17.4 Å². The van der Waals surface area contributed by atoms with Crippen LogP contribution in [0.25, 0.3) is 0 Å². The molecule has 0 saturated carbocycles. The zero-order valence-electron chi connectivity index (χ0n) is 13.9. The molecule has 1 amide bonds. The normalized spacial score (nSPS) is 10.3. The van der Waals surface area contributed by atoms with Crippen molar-refractivity contribution in [3.05, 3.63) is 65.6 Å². The van der Waals surface area contributed by atoms with Crippen LogP contribution in [-0.2, 0) is 6.61 Å². The van der Waals surface area contributed by atoms with Crippen LogP contribution >= 0.6 is 11.5 Å². The summed E-state index contributed by atoms with van der Waals surface area (Å²) in [6.07, 6.45) is 1.73. The summed E-state index contributed by atoms with van der Waals surface area (Å²) in [5.41, 5.74) is 2.77. The van der Waals surface area contributed by atoms with Gasteiger partial charge in [0.15, 0.2) is 0 Å². The van der Waals surface area contributed by atoms with Gasteiger partial charge in [-0.25, -0.2) is 0 Å². The van der Waals surface area contributed by atoms with Gasteiger partial charge in [0.05, 0.1) is 17.0 Å². The largest absolute Gasteiger partial charge is 0.487 e. The minimum Gasteiger partial charge on any atom is -0.487 e. The highest BCUT2D eigenvalue weighted by Gasteiger charge is 2.17. The maximum absolute atomic E-state index is 12.5. The first kappa shape index (κ1) is 16.9. The molecule has 3 aromatic rings. The molecule has 0 atom stereocenters. The van der Waals surface area contributed by atoms with E-state index in [9.17, 15) is 4.79 Å². The van der Waals surface area contributed by atoms with E-state index in [4.69, 9.17) is 4.74 Å². The lowest BCUT2D eigenvalue weighted by Gasteiger charge is -2.09. The summed E-state index contributed by atoms with van der Waals surface area (Å²) >= 11 is 1.27. The molecule has 2 heterocycles. The highest BCUT2D eigenvalue weighted by Crippen LogP contribution is 2.26. The quantitative estimate of drug-likeness (QED) is 0.705. The summed E-state index contributed by atoms with van der Waals surface area (Å²) in [7, 11) is 1.77. The minimum atomic E-state index is -0.197. The van der Waals surface area contributed by atoms with E-state index in [-0.39, 0.29) is 5.91 Å². The number of carbonyl (C=O) groups is 1. The van der Waals surface area contributed by atoms with Crippen LogP contribution in [0.5, 0.6) is 5.75 Å². The van der Waals surface area contributed by atoms with E-state index in [1.54, 1.807) is 19.3 Å². The highest BCUT2D eigenvalue weighted by molar-refractivity contribution is 7.10. The molecule has 2 aromatic heterocycles. The molecule has 128 valence electrons. The number of benzene rings is 1. The summed E-state index contributed by atoms with van der Waals surface area (Å²) in [6.45, 7) is 2.19. The van der Waals surface area contributed by atoms with Gasteiger partial charge in [-0.3, -0.25) is 9.78 Å². The average molecular weight is 354 g/mol. The fourth-order valence-electron chi connectivity index (χ4n) is 2.31. The van der Waals surface area contributed by atoms with Crippen molar-refractivity contribution >= 4 is 28.1 Å². The molecule has 0 fully saturated rings. The number of ether oxygens (including phenoxy) is 1. The van der Waals surface area contributed by atoms with E-state index >= 15 is 0 Å². The van der Waals surface area contributed by atoms with Crippen molar-refractivity contribution in [2.24, 2.45) is 0 Å². The molecule has 0 aliphatic heterocycles. The van der Waals surface area contributed by atoms with Gasteiger partial charge in [-0.1, -0.05) is 12.1 Å². The van der Waals surface area contributed by atoms with E-state index in [0.29, 0.717) is 29.3 Å². The molecule has 0 radical (unpaired) electrons. The number of aryl methyl sites for hydroxylation is 1. The Morgan fingerprint density at radius 3 is 2.88 bits per heavy atom. The summed E-state index contributed by atoms with van der Waals surface area (Å²) in [5.74, 6) is 0.468. The van der Waals surface area contributed by atoms with E-state index in [2.05, 4.69) is 20.0 Å². The highest BCUT2D eigenvalue weighted by atomic mass is 32.1. The van der Waals surface area contributed by atoms with Gasteiger partial charge in [0.25, 0.3) is 5.91 Å². The Bertz CT molecular complexity index is 865. The second kappa shape index (κ2) is 7.76. The van der Waals surface area contributed by atoms with Gasteiger partial charge in [-0.15, -0.1) is 0 Å². The first-order chi connectivity index (χ1) is 12.2. The molecular formula is C18H18N4O2S. The van der Waals surface area contributed by atoms with Crippen molar-refractivity contribution in [3.63, 3.8) is 0 Å². The van der Waals surface area contributed by atoms with Crippen LogP contribution in [0.3, 0.4) is 0 Å². The van der Waals surface area contributed by atoms with Gasteiger partial charge < -0.3 is 15.4 Å². The molecule has 0 spiro atoms. The third-order valence-electron chi connectivity index (χ3n) is 3.52. The van der Waals surface area contributed by atoms with E-state index in [1.165, 1.54) is 11.5 Å². The Balaban J connectivity index is 1.69.